The van der Waals surface area contributed by atoms with Crippen molar-refractivity contribution >= 4 is 23.6 Å². The van der Waals surface area contributed by atoms with Gasteiger partial charge in [0.25, 0.3) is 11.8 Å². The summed E-state index contributed by atoms with van der Waals surface area (Å²) in [5.41, 5.74) is 1.39. The molecule has 0 spiro atoms. The van der Waals surface area contributed by atoms with Crippen molar-refractivity contribution in [1.82, 2.24) is 20.9 Å². The van der Waals surface area contributed by atoms with Crippen LogP contribution in [0.1, 0.15) is 52.0 Å². The number of carbonyl (C=O) groups excluding carboxylic acids is 4. The van der Waals surface area contributed by atoms with Crippen LogP contribution in [-0.4, -0.2) is 66.9 Å². The standard InChI is InChI=1S/C21H26N4O5/c1-30-12-21(7-2-8-23-21)11-22-10-13-3-4-14-15(9-13)20(29)25(19(14)28)16-5-6-17(26)24-18(16)27/h3-4,9,16,22-23H,2,5-8,10-12H2,1H3,(H,24,26,27). The van der Waals surface area contributed by atoms with Crippen LogP contribution in [0.3, 0.4) is 0 Å². The summed E-state index contributed by atoms with van der Waals surface area (Å²) < 4.78 is 5.36. The van der Waals surface area contributed by atoms with Crippen molar-refractivity contribution in [2.24, 2.45) is 0 Å². The number of fused-ring (bicyclic) bond motifs is 1. The molecule has 1 aromatic carbocycles. The number of methoxy groups -OCH3 is 1. The van der Waals surface area contributed by atoms with E-state index in [1.807, 2.05) is 6.07 Å². The zero-order chi connectivity index (χ0) is 21.3. The van der Waals surface area contributed by atoms with Gasteiger partial charge in [0.1, 0.15) is 6.04 Å². The van der Waals surface area contributed by atoms with E-state index in [0.717, 1.165) is 36.4 Å². The zero-order valence-corrected chi connectivity index (χ0v) is 17.0. The first-order valence-corrected chi connectivity index (χ1v) is 10.2. The summed E-state index contributed by atoms with van der Waals surface area (Å²) in [5, 5.41) is 9.13. The Hall–Kier alpha value is -2.62. The molecule has 0 bridgehead atoms. The average molecular weight is 414 g/mol. The van der Waals surface area contributed by atoms with Gasteiger partial charge in [0.15, 0.2) is 0 Å². The molecule has 160 valence electrons. The maximum absolute atomic E-state index is 12.9. The van der Waals surface area contributed by atoms with E-state index >= 15 is 0 Å². The van der Waals surface area contributed by atoms with E-state index in [1.165, 1.54) is 0 Å². The van der Waals surface area contributed by atoms with Crippen LogP contribution in [0.5, 0.6) is 0 Å². The molecule has 1 aromatic rings. The molecule has 3 N–H and O–H groups in total. The molecular weight excluding hydrogens is 388 g/mol. The van der Waals surface area contributed by atoms with Crippen LogP contribution in [0.2, 0.25) is 0 Å². The van der Waals surface area contributed by atoms with Crippen LogP contribution in [0, 0.1) is 0 Å². The molecule has 0 aliphatic carbocycles. The number of carbonyl (C=O) groups is 4. The molecule has 4 amide bonds. The zero-order valence-electron chi connectivity index (χ0n) is 17.0. The Morgan fingerprint density at radius 2 is 2.00 bits per heavy atom. The molecule has 0 aromatic heterocycles. The first-order chi connectivity index (χ1) is 14.4. The predicted octanol–water partition coefficient (Wildman–Crippen LogP) is -0.0540. The maximum atomic E-state index is 12.9. The number of rotatable bonds is 7. The fourth-order valence-electron chi connectivity index (χ4n) is 4.54. The van der Waals surface area contributed by atoms with Gasteiger partial charge in [0.2, 0.25) is 11.8 Å². The van der Waals surface area contributed by atoms with E-state index < -0.39 is 23.8 Å². The monoisotopic (exact) mass is 414 g/mol. The second-order valence-corrected chi connectivity index (χ2v) is 8.17. The first kappa shape index (κ1) is 20.6. The third-order valence-corrected chi connectivity index (χ3v) is 6.05. The molecule has 2 saturated heterocycles. The van der Waals surface area contributed by atoms with Gasteiger partial charge in [-0.3, -0.25) is 29.4 Å². The molecule has 3 aliphatic heterocycles. The number of imide groups is 2. The molecule has 3 heterocycles. The Morgan fingerprint density at radius 1 is 1.20 bits per heavy atom. The highest BCUT2D eigenvalue weighted by Crippen LogP contribution is 2.28. The number of benzene rings is 1. The molecule has 9 nitrogen and oxygen atoms in total. The van der Waals surface area contributed by atoms with Gasteiger partial charge in [-0.15, -0.1) is 0 Å². The summed E-state index contributed by atoms with van der Waals surface area (Å²) in [6, 6.07) is 4.21. The molecular formula is C21H26N4O5. The van der Waals surface area contributed by atoms with Gasteiger partial charge in [-0.2, -0.15) is 0 Å². The minimum Gasteiger partial charge on any atom is -0.383 e. The van der Waals surface area contributed by atoms with Crippen LogP contribution >= 0.6 is 0 Å². The summed E-state index contributed by atoms with van der Waals surface area (Å²) >= 11 is 0. The normalized spacial score (nSPS) is 26.3. The van der Waals surface area contributed by atoms with Crippen LogP contribution in [0.25, 0.3) is 0 Å². The van der Waals surface area contributed by atoms with E-state index in [0.29, 0.717) is 24.3 Å². The van der Waals surface area contributed by atoms with E-state index in [-0.39, 0.29) is 24.3 Å². The second kappa shape index (κ2) is 8.25. The van der Waals surface area contributed by atoms with Gasteiger partial charge in [-0.1, -0.05) is 6.07 Å². The molecule has 2 fully saturated rings. The predicted molar refractivity (Wildman–Crippen MR) is 107 cm³/mol. The Kier molecular flexibility index (Phi) is 5.68. The van der Waals surface area contributed by atoms with Crippen LogP contribution < -0.4 is 16.0 Å². The number of amides is 4. The molecule has 4 rings (SSSR count). The number of nitrogens with zero attached hydrogens (tertiary/aromatic N) is 1. The molecule has 2 atom stereocenters. The lowest BCUT2D eigenvalue weighted by molar-refractivity contribution is -0.136. The lowest BCUT2D eigenvalue weighted by atomic mass is 9.98. The van der Waals surface area contributed by atoms with Crippen molar-refractivity contribution in [3.63, 3.8) is 0 Å². The summed E-state index contributed by atoms with van der Waals surface area (Å²) in [5.74, 6) is -1.96. The lowest BCUT2D eigenvalue weighted by Gasteiger charge is -2.29. The SMILES string of the molecule is COCC1(CNCc2ccc3c(c2)C(=O)N(C2CCC(=O)NC2=O)C3=O)CCCN1. The second-order valence-electron chi connectivity index (χ2n) is 8.17. The van der Waals surface area contributed by atoms with Gasteiger partial charge in [-0.05, 0) is 43.5 Å². The van der Waals surface area contributed by atoms with Gasteiger partial charge >= 0.3 is 0 Å². The van der Waals surface area contributed by atoms with Crippen molar-refractivity contribution < 1.29 is 23.9 Å². The molecule has 30 heavy (non-hydrogen) atoms. The highest BCUT2D eigenvalue weighted by molar-refractivity contribution is 6.23. The quantitative estimate of drug-likeness (QED) is 0.536. The van der Waals surface area contributed by atoms with E-state index in [1.54, 1.807) is 19.2 Å². The van der Waals surface area contributed by atoms with E-state index in [2.05, 4.69) is 16.0 Å². The Bertz CT molecular complexity index is 893. The van der Waals surface area contributed by atoms with E-state index in [9.17, 15) is 19.2 Å². The summed E-state index contributed by atoms with van der Waals surface area (Å²) in [7, 11) is 1.69. The van der Waals surface area contributed by atoms with Crippen molar-refractivity contribution in [2.45, 2.75) is 43.8 Å². The smallest absolute Gasteiger partial charge is 0.262 e. The highest BCUT2D eigenvalue weighted by Gasteiger charge is 2.44. The number of hydrogen-bond donors (Lipinski definition) is 3. The Labute approximate surface area is 174 Å². The number of hydrogen-bond acceptors (Lipinski definition) is 7. The maximum Gasteiger partial charge on any atom is 0.262 e. The number of piperidine rings is 1. The minimum atomic E-state index is -0.945. The number of nitrogens with one attached hydrogen (secondary N) is 3. The highest BCUT2D eigenvalue weighted by atomic mass is 16.5. The van der Waals surface area contributed by atoms with Crippen molar-refractivity contribution in [1.29, 1.82) is 0 Å². The van der Waals surface area contributed by atoms with Crippen molar-refractivity contribution in [3.8, 4) is 0 Å². The molecule has 9 heteroatoms. The topological polar surface area (TPSA) is 117 Å². The van der Waals surface area contributed by atoms with Crippen LogP contribution in [-0.2, 0) is 20.9 Å². The largest absolute Gasteiger partial charge is 0.383 e. The molecule has 2 unspecified atom stereocenters. The van der Waals surface area contributed by atoms with Crippen molar-refractivity contribution in [3.05, 3.63) is 34.9 Å². The van der Waals surface area contributed by atoms with Crippen LogP contribution in [0.15, 0.2) is 18.2 Å². The summed E-state index contributed by atoms with van der Waals surface area (Å²) in [6.45, 7) is 2.86. The summed E-state index contributed by atoms with van der Waals surface area (Å²) in [6.07, 6.45) is 2.40. The Morgan fingerprint density at radius 3 is 2.70 bits per heavy atom. The molecule has 0 saturated carbocycles. The molecule has 0 radical (unpaired) electrons. The summed E-state index contributed by atoms with van der Waals surface area (Å²) in [4.78, 5) is 50.2. The van der Waals surface area contributed by atoms with Crippen molar-refractivity contribution in [2.75, 3.05) is 26.8 Å². The Balaban J connectivity index is 1.44. The number of ether oxygens (including phenoxy) is 1. The van der Waals surface area contributed by atoms with E-state index in [4.69, 9.17) is 4.74 Å². The lowest BCUT2D eigenvalue weighted by Crippen LogP contribution is -2.54. The fraction of sp³-hybridized carbons (Fsp3) is 0.524. The third-order valence-electron chi connectivity index (χ3n) is 6.05. The average Bonchev–Trinajstić information content (AvgIpc) is 3.27. The van der Waals surface area contributed by atoms with Crippen LogP contribution in [0.4, 0.5) is 0 Å². The van der Waals surface area contributed by atoms with Gasteiger partial charge in [0, 0.05) is 26.6 Å². The van der Waals surface area contributed by atoms with Gasteiger partial charge in [-0.25, -0.2) is 0 Å². The third kappa shape index (κ3) is 3.76. The fourth-order valence-corrected chi connectivity index (χ4v) is 4.54. The first-order valence-electron chi connectivity index (χ1n) is 10.2. The van der Waals surface area contributed by atoms with Gasteiger partial charge < -0.3 is 15.4 Å². The molecule has 3 aliphatic rings. The van der Waals surface area contributed by atoms with Gasteiger partial charge in [0.05, 0.1) is 23.3 Å². The minimum absolute atomic E-state index is 0.0835.